The lowest BCUT2D eigenvalue weighted by Crippen LogP contribution is -3.27. The molecular formula is C19H28N4S2+2. The SMILES string of the molecule is C[C@H](NC(=S)Nc1ccccc1)[C@H](c1cccs1)[NH+]1CC[NH+](C)CC1. The van der Waals surface area contributed by atoms with Crippen LogP contribution in [0.25, 0.3) is 0 Å². The molecule has 134 valence electrons. The standard InChI is InChI=1S/C19H26N4S2/c1-15(20-19(24)21-16-7-4-3-5-8-16)18(17-9-6-14-25-17)23-12-10-22(2)11-13-23/h3-9,14-15,18H,10-13H2,1-2H3,(H2,20,21,24)/p+2/t15-,18+/m0/s1. The summed E-state index contributed by atoms with van der Waals surface area (Å²) >= 11 is 7.40. The smallest absolute Gasteiger partial charge is 0.171 e. The van der Waals surface area contributed by atoms with Gasteiger partial charge in [-0.3, -0.25) is 0 Å². The van der Waals surface area contributed by atoms with E-state index in [2.05, 4.69) is 42.1 Å². The molecule has 2 heterocycles. The van der Waals surface area contributed by atoms with Gasteiger partial charge in [0.2, 0.25) is 0 Å². The minimum atomic E-state index is 0.274. The highest BCUT2D eigenvalue weighted by Crippen LogP contribution is 2.20. The summed E-state index contributed by atoms with van der Waals surface area (Å²) in [6.45, 7) is 7.13. The number of hydrogen-bond donors (Lipinski definition) is 4. The van der Waals surface area contributed by atoms with E-state index in [4.69, 9.17) is 12.2 Å². The predicted octanol–water partition coefficient (Wildman–Crippen LogP) is 0.578. The summed E-state index contributed by atoms with van der Waals surface area (Å²) in [5.41, 5.74) is 1.02. The molecule has 0 unspecified atom stereocenters. The van der Waals surface area contributed by atoms with E-state index >= 15 is 0 Å². The van der Waals surface area contributed by atoms with Crippen LogP contribution in [0.2, 0.25) is 0 Å². The summed E-state index contributed by atoms with van der Waals surface area (Å²) in [7, 11) is 2.29. The van der Waals surface area contributed by atoms with Gasteiger partial charge in [-0.2, -0.15) is 0 Å². The molecule has 1 saturated heterocycles. The summed E-state index contributed by atoms with van der Waals surface area (Å²) in [6.07, 6.45) is 0. The van der Waals surface area contributed by atoms with Gasteiger partial charge in [-0.25, -0.2) is 0 Å². The lowest BCUT2D eigenvalue weighted by Gasteiger charge is -2.36. The Balaban J connectivity index is 1.66. The van der Waals surface area contributed by atoms with Crippen molar-refractivity contribution in [3.05, 3.63) is 52.7 Å². The molecule has 0 bridgehead atoms. The highest BCUT2D eigenvalue weighted by molar-refractivity contribution is 7.80. The maximum Gasteiger partial charge on any atom is 0.171 e. The summed E-state index contributed by atoms with van der Waals surface area (Å²) in [5, 5.41) is 9.69. The van der Waals surface area contributed by atoms with Gasteiger partial charge in [0.05, 0.1) is 18.0 Å². The highest BCUT2D eigenvalue weighted by Gasteiger charge is 2.34. The second-order valence-electron chi connectivity index (χ2n) is 6.86. The van der Waals surface area contributed by atoms with Crippen molar-refractivity contribution in [2.45, 2.75) is 19.0 Å². The van der Waals surface area contributed by atoms with E-state index in [1.807, 2.05) is 41.7 Å². The first kappa shape index (κ1) is 18.3. The van der Waals surface area contributed by atoms with E-state index in [0.29, 0.717) is 11.2 Å². The van der Waals surface area contributed by atoms with Gasteiger partial charge >= 0.3 is 0 Å². The molecular weight excluding hydrogens is 348 g/mol. The molecule has 1 aromatic heterocycles. The third-order valence-corrected chi connectivity index (χ3v) is 6.10. The molecule has 1 aromatic carbocycles. The second kappa shape index (κ2) is 8.76. The summed E-state index contributed by atoms with van der Waals surface area (Å²) in [6, 6.07) is 15.2. The van der Waals surface area contributed by atoms with Crippen molar-refractivity contribution < 1.29 is 9.80 Å². The van der Waals surface area contributed by atoms with Crippen molar-refractivity contribution in [1.82, 2.24) is 5.32 Å². The molecule has 4 N–H and O–H groups in total. The first-order chi connectivity index (χ1) is 12.1. The maximum absolute atomic E-state index is 5.55. The van der Waals surface area contributed by atoms with E-state index in [0.717, 1.165) is 5.69 Å². The Hall–Kier alpha value is -1.47. The van der Waals surface area contributed by atoms with Crippen LogP contribution in [0.1, 0.15) is 17.8 Å². The first-order valence-electron chi connectivity index (χ1n) is 8.95. The molecule has 6 heteroatoms. The van der Waals surface area contributed by atoms with Crippen LogP contribution in [0.5, 0.6) is 0 Å². The van der Waals surface area contributed by atoms with Crippen molar-refractivity contribution >= 4 is 34.4 Å². The molecule has 25 heavy (non-hydrogen) atoms. The number of nitrogens with one attached hydrogen (secondary N) is 4. The Morgan fingerprint density at radius 2 is 1.80 bits per heavy atom. The zero-order valence-corrected chi connectivity index (χ0v) is 16.6. The van der Waals surface area contributed by atoms with Gasteiger partial charge in [-0.1, -0.05) is 24.3 Å². The molecule has 2 aromatic rings. The topological polar surface area (TPSA) is 32.9 Å². The predicted molar refractivity (Wildman–Crippen MR) is 110 cm³/mol. The third-order valence-electron chi connectivity index (χ3n) is 4.93. The molecule has 1 aliphatic rings. The van der Waals surface area contributed by atoms with Gasteiger partial charge in [-0.05, 0) is 42.7 Å². The number of para-hydroxylation sites is 1. The van der Waals surface area contributed by atoms with Gasteiger partial charge in [-0.15, -0.1) is 11.3 Å². The zero-order valence-electron chi connectivity index (χ0n) is 14.9. The average molecular weight is 377 g/mol. The quantitative estimate of drug-likeness (QED) is 0.576. The van der Waals surface area contributed by atoms with Gasteiger partial charge < -0.3 is 20.4 Å². The summed E-state index contributed by atoms with van der Waals surface area (Å²) in [5.74, 6) is 0. The van der Waals surface area contributed by atoms with Crippen LogP contribution >= 0.6 is 23.6 Å². The van der Waals surface area contributed by atoms with Crippen LogP contribution in [0.15, 0.2) is 47.8 Å². The summed E-state index contributed by atoms with van der Waals surface area (Å²) in [4.78, 5) is 4.74. The number of piperazine rings is 1. The van der Waals surface area contributed by atoms with Crippen molar-refractivity contribution in [3.8, 4) is 0 Å². The maximum atomic E-state index is 5.55. The normalized spacial score (nSPS) is 22.8. The number of likely N-dealkylation sites (N-methyl/N-ethyl adjacent to an activating group) is 1. The van der Waals surface area contributed by atoms with Crippen molar-refractivity contribution in [2.75, 3.05) is 38.5 Å². The average Bonchev–Trinajstić information content (AvgIpc) is 3.11. The first-order valence-corrected chi connectivity index (χ1v) is 10.2. The number of benzene rings is 1. The Bertz CT molecular complexity index is 651. The molecule has 0 spiro atoms. The van der Waals surface area contributed by atoms with E-state index < -0.39 is 0 Å². The van der Waals surface area contributed by atoms with E-state index in [1.165, 1.54) is 31.1 Å². The van der Waals surface area contributed by atoms with Gasteiger partial charge in [0.25, 0.3) is 0 Å². The summed E-state index contributed by atoms with van der Waals surface area (Å²) < 4.78 is 0. The molecule has 0 aliphatic carbocycles. The fourth-order valence-electron chi connectivity index (χ4n) is 3.56. The lowest BCUT2D eigenvalue weighted by molar-refractivity contribution is -1.02. The van der Waals surface area contributed by atoms with Crippen LogP contribution in [0.4, 0.5) is 5.69 Å². The Labute approximate surface area is 159 Å². The Kier molecular flexibility index (Phi) is 6.42. The third kappa shape index (κ3) is 5.01. The van der Waals surface area contributed by atoms with Crippen molar-refractivity contribution in [2.24, 2.45) is 0 Å². The van der Waals surface area contributed by atoms with Crippen LogP contribution in [0.3, 0.4) is 0 Å². The number of thiocarbonyl (C=S) groups is 1. The van der Waals surface area contributed by atoms with Crippen LogP contribution in [0, 0.1) is 0 Å². The number of anilines is 1. The van der Waals surface area contributed by atoms with Crippen molar-refractivity contribution in [3.63, 3.8) is 0 Å². The molecule has 3 rings (SSSR count). The number of hydrogen-bond acceptors (Lipinski definition) is 2. The minimum absolute atomic E-state index is 0.274. The number of rotatable bonds is 5. The number of thiophene rings is 1. The van der Waals surface area contributed by atoms with Gasteiger partial charge in [0, 0.05) is 5.69 Å². The fourth-order valence-corrected chi connectivity index (χ4v) is 4.85. The monoisotopic (exact) mass is 376 g/mol. The largest absolute Gasteiger partial charge is 0.354 e. The fraction of sp³-hybridized carbons (Fsp3) is 0.421. The molecule has 0 radical (unpaired) electrons. The van der Waals surface area contributed by atoms with E-state index in [-0.39, 0.29) is 6.04 Å². The lowest BCUT2D eigenvalue weighted by atomic mass is 10.1. The number of quaternary nitrogens is 2. The van der Waals surface area contributed by atoms with Crippen LogP contribution < -0.4 is 20.4 Å². The molecule has 2 atom stereocenters. The Morgan fingerprint density at radius 3 is 2.44 bits per heavy atom. The van der Waals surface area contributed by atoms with Crippen LogP contribution in [-0.2, 0) is 0 Å². The molecule has 0 saturated carbocycles. The van der Waals surface area contributed by atoms with E-state index in [9.17, 15) is 0 Å². The molecule has 0 amide bonds. The van der Waals surface area contributed by atoms with Gasteiger partial charge in [0.15, 0.2) is 5.11 Å². The highest BCUT2D eigenvalue weighted by atomic mass is 32.1. The zero-order chi connectivity index (χ0) is 17.6. The van der Waals surface area contributed by atoms with Gasteiger partial charge in [0.1, 0.15) is 32.2 Å². The molecule has 1 fully saturated rings. The van der Waals surface area contributed by atoms with E-state index in [1.54, 1.807) is 9.80 Å². The van der Waals surface area contributed by atoms with Crippen LogP contribution in [-0.4, -0.2) is 44.4 Å². The minimum Gasteiger partial charge on any atom is -0.354 e. The second-order valence-corrected chi connectivity index (χ2v) is 8.25. The molecule has 1 aliphatic heterocycles. The molecule has 4 nitrogen and oxygen atoms in total. The Morgan fingerprint density at radius 1 is 1.08 bits per heavy atom. The van der Waals surface area contributed by atoms with Crippen molar-refractivity contribution in [1.29, 1.82) is 0 Å².